The molecule has 1 amide bonds. The van der Waals surface area contributed by atoms with Crippen LogP contribution in [-0.2, 0) is 13.1 Å². The standard InChI is InChI=1S/C29H38F2N4O2/c1-21-15-25(34-13-11-33(12-14-34)18-23-5-4-10-32(3)17-23)16-24-20-35(28(36)27(21)24)19-22-6-8-26(9-7-22)37-29(2,30)31/h6-9,15-16,23H,4-5,10-14,17-20H2,1-3H3. The van der Waals surface area contributed by atoms with Gasteiger partial charge in [0.05, 0.1) is 0 Å². The summed E-state index contributed by atoms with van der Waals surface area (Å²) in [6, 6.07) is 10.9. The molecule has 0 spiro atoms. The van der Waals surface area contributed by atoms with Crippen LogP contribution in [0.2, 0.25) is 0 Å². The number of amides is 1. The van der Waals surface area contributed by atoms with Crippen molar-refractivity contribution in [1.82, 2.24) is 14.7 Å². The summed E-state index contributed by atoms with van der Waals surface area (Å²) in [4.78, 5) is 22.5. The zero-order chi connectivity index (χ0) is 26.2. The van der Waals surface area contributed by atoms with Gasteiger partial charge in [-0.3, -0.25) is 9.69 Å². The maximum Gasteiger partial charge on any atom is 0.394 e. The Kier molecular flexibility index (Phi) is 7.41. The molecule has 37 heavy (non-hydrogen) atoms. The molecule has 8 heteroatoms. The highest BCUT2D eigenvalue weighted by Gasteiger charge is 2.31. The molecule has 0 radical (unpaired) electrons. The van der Waals surface area contributed by atoms with Gasteiger partial charge in [0, 0.05) is 70.5 Å². The third kappa shape index (κ3) is 6.24. The highest BCUT2D eigenvalue weighted by Crippen LogP contribution is 2.32. The molecule has 3 heterocycles. The summed E-state index contributed by atoms with van der Waals surface area (Å²) in [5.41, 5.74) is 4.96. The molecule has 2 saturated heterocycles. The first-order chi connectivity index (χ1) is 17.6. The van der Waals surface area contributed by atoms with E-state index in [0.717, 1.165) is 54.4 Å². The molecule has 0 aliphatic carbocycles. The molecule has 0 bridgehead atoms. The Balaban J connectivity index is 1.19. The van der Waals surface area contributed by atoms with Gasteiger partial charge < -0.3 is 19.4 Å². The van der Waals surface area contributed by atoms with Crippen LogP contribution < -0.4 is 9.64 Å². The number of alkyl halides is 2. The van der Waals surface area contributed by atoms with Crippen molar-refractivity contribution in [2.75, 3.05) is 57.8 Å². The second-order valence-electron chi connectivity index (χ2n) is 11.1. The van der Waals surface area contributed by atoms with Crippen molar-refractivity contribution in [2.24, 2.45) is 5.92 Å². The number of anilines is 1. The number of rotatable bonds is 7. The number of benzene rings is 2. The first-order valence-electron chi connectivity index (χ1n) is 13.4. The van der Waals surface area contributed by atoms with E-state index >= 15 is 0 Å². The summed E-state index contributed by atoms with van der Waals surface area (Å²) in [5.74, 6) is 0.918. The number of piperidine rings is 1. The van der Waals surface area contributed by atoms with Crippen LogP contribution in [0, 0.1) is 12.8 Å². The van der Waals surface area contributed by atoms with E-state index in [0.29, 0.717) is 20.0 Å². The predicted molar refractivity (Wildman–Crippen MR) is 141 cm³/mol. The van der Waals surface area contributed by atoms with E-state index in [1.807, 2.05) is 11.8 Å². The number of hydrogen-bond donors (Lipinski definition) is 0. The molecule has 3 aliphatic heterocycles. The van der Waals surface area contributed by atoms with Crippen LogP contribution in [0.4, 0.5) is 14.5 Å². The smallest absolute Gasteiger partial charge is 0.394 e. The lowest BCUT2D eigenvalue weighted by Gasteiger charge is -2.39. The molecule has 3 aliphatic rings. The van der Waals surface area contributed by atoms with Crippen LogP contribution in [-0.4, -0.2) is 79.6 Å². The summed E-state index contributed by atoms with van der Waals surface area (Å²) < 4.78 is 30.8. The lowest BCUT2D eigenvalue weighted by molar-refractivity contribution is -0.158. The molecule has 1 unspecified atom stereocenters. The Labute approximate surface area is 218 Å². The molecule has 1 atom stereocenters. The minimum Gasteiger partial charge on any atom is -0.433 e. The van der Waals surface area contributed by atoms with Gasteiger partial charge in [0.2, 0.25) is 0 Å². The lowest BCUT2D eigenvalue weighted by Crippen LogP contribution is -2.49. The number of nitrogens with zero attached hydrogens (tertiary/aromatic N) is 4. The molecule has 2 aromatic carbocycles. The van der Waals surface area contributed by atoms with Crippen LogP contribution in [0.15, 0.2) is 36.4 Å². The Morgan fingerprint density at radius 3 is 2.46 bits per heavy atom. The van der Waals surface area contributed by atoms with Crippen LogP contribution >= 0.6 is 0 Å². The zero-order valence-electron chi connectivity index (χ0n) is 22.2. The van der Waals surface area contributed by atoms with Gasteiger partial charge >= 0.3 is 6.11 Å². The number of ether oxygens (including phenoxy) is 1. The maximum atomic E-state index is 13.2. The SMILES string of the molecule is Cc1cc(N2CCN(CC3CCCN(C)C3)CC2)cc2c1C(=O)N(Cc1ccc(OC(C)(F)F)cc1)C2. The van der Waals surface area contributed by atoms with E-state index in [9.17, 15) is 13.6 Å². The first kappa shape index (κ1) is 25.9. The molecular weight excluding hydrogens is 474 g/mol. The Morgan fingerprint density at radius 2 is 1.78 bits per heavy atom. The van der Waals surface area contributed by atoms with Crippen LogP contribution in [0.25, 0.3) is 0 Å². The first-order valence-corrected chi connectivity index (χ1v) is 13.4. The van der Waals surface area contributed by atoms with Gasteiger partial charge in [-0.05, 0) is 80.2 Å². The van der Waals surface area contributed by atoms with Gasteiger partial charge in [-0.25, -0.2) is 0 Å². The highest BCUT2D eigenvalue weighted by molar-refractivity contribution is 6.00. The number of carbonyl (C=O) groups excluding carboxylic acids is 1. The van der Waals surface area contributed by atoms with Gasteiger partial charge in [-0.15, -0.1) is 0 Å². The molecule has 200 valence electrons. The Hall–Kier alpha value is -2.71. The van der Waals surface area contributed by atoms with Crippen LogP contribution in [0.5, 0.6) is 5.75 Å². The summed E-state index contributed by atoms with van der Waals surface area (Å²) in [6.45, 7) is 11.5. The fourth-order valence-electron chi connectivity index (χ4n) is 6.08. The molecule has 2 aromatic rings. The van der Waals surface area contributed by atoms with Gasteiger partial charge in [-0.2, -0.15) is 8.78 Å². The van der Waals surface area contributed by atoms with E-state index in [-0.39, 0.29) is 11.7 Å². The monoisotopic (exact) mass is 512 g/mol. The predicted octanol–water partition coefficient (Wildman–Crippen LogP) is 4.61. The van der Waals surface area contributed by atoms with E-state index in [1.54, 1.807) is 12.1 Å². The van der Waals surface area contributed by atoms with Gasteiger partial charge in [-0.1, -0.05) is 12.1 Å². The van der Waals surface area contributed by atoms with Crippen molar-refractivity contribution in [1.29, 1.82) is 0 Å². The fraction of sp³-hybridized carbons (Fsp3) is 0.552. The molecule has 5 rings (SSSR count). The molecule has 2 fully saturated rings. The van der Waals surface area contributed by atoms with Crippen molar-refractivity contribution >= 4 is 11.6 Å². The quantitative estimate of drug-likeness (QED) is 0.542. The molecule has 6 nitrogen and oxygen atoms in total. The van der Waals surface area contributed by atoms with Crippen molar-refractivity contribution in [2.45, 2.75) is 45.9 Å². The average molecular weight is 513 g/mol. The summed E-state index contributed by atoms with van der Waals surface area (Å²) >= 11 is 0. The largest absolute Gasteiger partial charge is 0.433 e. The van der Waals surface area contributed by atoms with E-state index in [1.165, 1.54) is 50.3 Å². The number of carbonyl (C=O) groups is 1. The third-order valence-corrected chi connectivity index (χ3v) is 7.83. The van der Waals surface area contributed by atoms with Crippen molar-refractivity contribution in [3.8, 4) is 5.75 Å². The van der Waals surface area contributed by atoms with Crippen molar-refractivity contribution in [3.05, 3.63) is 58.7 Å². The second kappa shape index (κ2) is 10.6. The number of likely N-dealkylation sites (tertiary alicyclic amines) is 1. The van der Waals surface area contributed by atoms with E-state index in [4.69, 9.17) is 0 Å². The van der Waals surface area contributed by atoms with Crippen LogP contribution in [0.3, 0.4) is 0 Å². The van der Waals surface area contributed by atoms with Crippen LogP contribution in [0.1, 0.15) is 46.8 Å². The number of hydrogen-bond acceptors (Lipinski definition) is 5. The van der Waals surface area contributed by atoms with Crippen molar-refractivity contribution in [3.63, 3.8) is 0 Å². The topological polar surface area (TPSA) is 39.3 Å². The van der Waals surface area contributed by atoms with E-state index < -0.39 is 6.11 Å². The molecule has 0 aromatic heterocycles. The Morgan fingerprint density at radius 1 is 1.05 bits per heavy atom. The summed E-state index contributed by atoms with van der Waals surface area (Å²) in [5, 5.41) is 0. The fourth-order valence-corrected chi connectivity index (χ4v) is 6.08. The Bertz CT molecular complexity index is 1110. The van der Waals surface area contributed by atoms with Gasteiger partial charge in [0.1, 0.15) is 5.75 Å². The zero-order valence-corrected chi connectivity index (χ0v) is 22.2. The number of fused-ring (bicyclic) bond motifs is 1. The summed E-state index contributed by atoms with van der Waals surface area (Å²) in [6.07, 6.45) is -0.573. The highest BCUT2D eigenvalue weighted by atomic mass is 19.3. The normalized spacial score (nSPS) is 21.4. The molecule has 0 N–H and O–H groups in total. The minimum atomic E-state index is -3.22. The van der Waals surface area contributed by atoms with E-state index in [2.05, 4.69) is 38.6 Å². The molecular formula is C29H38F2N4O2. The number of aryl methyl sites for hydroxylation is 1. The number of halogens is 2. The lowest BCUT2D eigenvalue weighted by atomic mass is 9.97. The molecule has 0 saturated carbocycles. The number of piperazine rings is 1. The average Bonchev–Trinajstić information content (AvgIpc) is 3.15. The van der Waals surface area contributed by atoms with Gasteiger partial charge in [0.25, 0.3) is 5.91 Å². The van der Waals surface area contributed by atoms with Gasteiger partial charge in [0.15, 0.2) is 0 Å². The summed E-state index contributed by atoms with van der Waals surface area (Å²) in [7, 11) is 2.23. The van der Waals surface area contributed by atoms with Crippen molar-refractivity contribution < 1.29 is 18.3 Å². The third-order valence-electron chi connectivity index (χ3n) is 7.83. The second-order valence-corrected chi connectivity index (χ2v) is 11.1. The maximum absolute atomic E-state index is 13.2. The minimum absolute atomic E-state index is 0.0294.